The highest BCUT2D eigenvalue weighted by Gasteiger charge is 2.35. The van der Waals surface area contributed by atoms with Gasteiger partial charge in [0.25, 0.3) is 0 Å². The summed E-state index contributed by atoms with van der Waals surface area (Å²) in [5.74, 6) is 0.641. The summed E-state index contributed by atoms with van der Waals surface area (Å²) in [5, 5.41) is 0. The van der Waals surface area contributed by atoms with Crippen LogP contribution in [0.4, 0.5) is 0 Å². The molecule has 0 aliphatic carbocycles. The van der Waals surface area contributed by atoms with Gasteiger partial charge in [0.05, 0.1) is 6.04 Å². The van der Waals surface area contributed by atoms with Gasteiger partial charge in [0.2, 0.25) is 5.91 Å². The Morgan fingerprint density at radius 3 is 2.56 bits per heavy atom. The second-order valence-electron chi connectivity index (χ2n) is 5.47. The van der Waals surface area contributed by atoms with Crippen LogP contribution < -0.4 is 5.73 Å². The van der Waals surface area contributed by atoms with Crippen molar-refractivity contribution in [1.29, 1.82) is 0 Å². The molecular formula is C13H26N2O. The van der Waals surface area contributed by atoms with Crippen LogP contribution in [0, 0.1) is 5.92 Å². The monoisotopic (exact) mass is 226 g/mol. The van der Waals surface area contributed by atoms with Crippen LogP contribution in [0.25, 0.3) is 0 Å². The third-order valence-corrected chi connectivity index (χ3v) is 3.55. The third kappa shape index (κ3) is 2.97. The van der Waals surface area contributed by atoms with Crippen molar-refractivity contribution in [3.05, 3.63) is 0 Å². The molecule has 0 aromatic rings. The van der Waals surface area contributed by atoms with Crippen LogP contribution >= 0.6 is 0 Å². The van der Waals surface area contributed by atoms with Crippen LogP contribution in [0.15, 0.2) is 0 Å². The average molecular weight is 226 g/mol. The normalized spacial score (nSPS) is 27.5. The van der Waals surface area contributed by atoms with Gasteiger partial charge in [0, 0.05) is 12.1 Å². The number of nitrogens with two attached hydrogens (primary N) is 1. The van der Waals surface area contributed by atoms with Crippen molar-refractivity contribution in [2.45, 2.75) is 71.5 Å². The van der Waals surface area contributed by atoms with Crippen molar-refractivity contribution in [2.24, 2.45) is 11.7 Å². The number of nitrogens with zero attached hydrogens (tertiary/aromatic N) is 1. The first kappa shape index (κ1) is 13.5. The van der Waals surface area contributed by atoms with Crippen molar-refractivity contribution in [3.63, 3.8) is 0 Å². The van der Waals surface area contributed by atoms with Crippen LogP contribution in [0.2, 0.25) is 0 Å². The molecule has 1 fully saturated rings. The molecule has 1 heterocycles. The standard InChI is InChI=1S/C13H26N2O/c1-5-11-7-6-10(4)15(11)13(16)12(14)8-9(2)3/h9-12H,5-8,14H2,1-4H3/t10?,11?,12-/m0/s1. The second-order valence-corrected chi connectivity index (χ2v) is 5.47. The van der Waals surface area contributed by atoms with Crippen LogP contribution in [0.1, 0.15) is 53.4 Å². The Labute approximate surface area is 99.4 Å². The molecule has 1 aliphatic rings. The summed E-state index contributed by atoms with van der Waals surface area (Å²) in [6, 6.07) is 0.478. The maximum Gasteiger partial charge on any atom is 0.239 e. The highest BCUT2D eigenvalue weighted by molar-refractivity contribution is 5.82. The zero-order chi connectivity index (χ0) is 12.3. The van der Waals surface area contributed by atoms with Crippen LogP contribution in [0.5, 0.6) is 0 Å². The molecule has 0 saturated carbocycles. The molecule has 3 atom stereocenters. The lowest BCUT2D eigenvalue weighted by molar-refractivity contribution is -0.135. The highest BCUT2D eigenvalue weighted by Crippen LogP contribution is 2.27. The number of carbonyl (C=O) groups is 1. The fourth-order valence-corrected chi connectivity index (χ4v) is 2.67. The van der Waals surface area contributed by atoms with Gasteiger partial charge >= 0.3 is 0 Å². The van der Waals surface area contributed by atoms with Crippen LogP contribution in [-0.4, -0.2) is 28.9 Å². The number of likely N-dealkylation sites (tertiary alicyclic amines) is 1. The second kappa shape index (κ2) is 5.67. The number of hydrogen-bond donors (Lipinski definition) is 1. The predicted molar refractivity (Wildman–Crippen MR) is 67.1 cm³/mol. The minimum Gasteiger partial charge on any atom is -0.336 e. The molecule has 0 spiro atoms. The van der Waals surface area contributed by atoms with E-state index in [2.05, 4.69) is 27.7 Å². The summed E-state index contributed by atoms with van der Waals surface area (Å²) in [5.41, 5.74) is 5.99. The summed E-state index contributed by atoms with van der Waals surface area (Å²) in [6.07, 6.45) is 4.10. The van der Waals surface area contributed by atoms with E-state index in [0.29, 0.717) is 18.0 Å². The van der Waals surface area contributed by atoms with Crippen molar-refractivity contribution in [2.75, 3.05) is 0 Å². The lowest BCUT2D eigenvalue weighted by Gasteiger charge is -2.31. The van der Waals surface area contributed by atoms with E-state index in [1.807, 2.05) is 4.90 Å². The van der Waals surface area contributed by atoms with E-state index in [9.17, 15) is 4.79 Å². The lowest BCUT2D eigenvalue weighted by Crippen LogP contribution is -2.49. The summed E-state index contributed by atoms with van der Waals surface area (Å²) < 4.78 is 0. The number of rotatable bonds is 4. The summed E-state index contributed by atoms with van der Waals surface area (Å²) >= 11 is 0. The molecule has 2 N–H and O–H groups in total. The molecule has 0 radical (unpaired) electrons. The van der Waals surface area contributed by atoms with Gasteiger partial charge in [-0.25, -0.2) is 0 Å². The summed E-state index contributed by atoms with van der Waals surface area (Å²) in [7, 11) is 0. The fourth-order valence-electron chi connectivity index (χ4n) is 2.67. The fraction of sp³-hybridized carbons (Fsp3) is 0.923. The first-order valence-electron chi connectivity index (χ1n) is 6.55. The lowest BCUT2D eigenvalue weighted by atomic mass is 10.0. The quantitative estimate of drug-likeness (QED) is 0.798. The van der Waals surface area contributed by atoms with Gasteiger partial charge in [0.15, 0.2) is 0 Å². The van der Waals surface area contributed by atoms with Crippen LogP contribution in [-0.2, 0) is 4.79 Å². The average Bonchev–Trinajstić information content (AvgIpc) is 2.57. The molecule has 1 aliphatic heterocycles. The topological polar surface area (TPSA) is 46.3 Å². The van der Waals surface area contributed by atoms with E-state index in [4.69, 9.17) is 5.73 Å². The summed E-state index contributed by atoms with van der Waals surface area (Å²) in [4.78, 5) is 14.3. The largest absolute Gasteiger partial charge is 0.336 e. The maximum absolute atomic E-state index is 12.3. The predicted octanol–water partition coefficient (Wildman–Crippen LogP) is 2.15. The molecule has 1 amide bonds. The van der Waals surface area contributed by atoms with Gasteiger partial charge in [-0.2, -0.15) is 0 Å². The van der Waals surface area contributed by atoms with Crippen molar-refractivity contribution < 1.29 is 4.79 Å². The Morgan fingerprint density at radius 1 is 1.44 bits per heavy atom. The Bertz CT molecular complexity index is 240. The van der Waals surface area contributed by atoms with Crippen molar-refractivity contribution in [3.8, 4) is 0 Å². The van der Waals surface area contributed by atoms with E-state index < -0.39 is 0 Å². The third-order valence-electron chi connectivity index (χ3n) is 3.55. The van der Waals surface area contributed by atoms with E-state index in [0.717, 1.165) is 25.7 Å². The Balaban J connectivity index is 2.63. The molecule has 1 rings (SSSR count). The molecule has 3 nitrogen and oxygen atoms in total. The highest BCUT2D eigenvalue weighted by atomic mass is 16.2. The smallest absolute Gasteiger partial charge is 0.239 e. The Morgan fingerprint density at radius 2 is 2.06 bits per heavy atom. The number of carbonyl (C=O) groups excluding carboxylic acids is 1. The van der Waals surface area contributed by atoms with Gasteiger partial charge in [-0.3, -0.25) is 4.79 Å². The summed E-state index contributed by atoms with van der Waals surface area (Å²) in [6.45, 7) is 8.50. The SMILES string of the molecule is CCC1CCC(C)N1C(=O)[C@@H](N)CC(C)C. The van der Waals surface area contributed by atoms with Gasteiger partial charge in [-0.05, 0) is 38.5 Å². The zero-order valence-corrected chi connectivity index (χ0v) is 11.1. The minimum atomic E-state index is -0.311. The van der Waals surface area contributed by atoms with Crippen LogP contribution in [0.3, 0.4) is 0 Å². The number of amides is 1. The molecule has 3 heteroatoms. The molecule has 94 valence electrons. The molecular weight excluding hydrogens is 200 g/mol. The van der Waals surface area contributed by atoms with Gasteiger partial charge < -0.3 is 10.6 Å². The van der Waals surface area contributed by atoms with E-state index in [1.54, 1.807) is 0 Å². The Hall–Kier alpha value is -0.570. The molecule has 0 bridgehead atoms. The van der Waals surface area contributed by atoms with Gasteiger partial charge in [-0.15, -0.1) is 0 Å². The molecule has 0 aromatic carbocycles. The first-order chi connectivity index (χ1) is 7.47. The Kier molecular flexibility index (Phi) is 4.78. The van der Waals surface area contributed by atoms with Crippen molar-refractivity contribution in [1.82, 2.24) is 4.90 Å². The minimum absolute atomic E-state index is 0.158. The molecule has 0 aromatic heterocycles. The molecule has 2 unspecified atom stereocenters. The van der Waals surface area contributed by atoms with Crippen molar-refractivity contribution >= 4 is 5.91 Å². The zero-order valence-electron chi connectivity index (χ0n) is 11.1. The molecule has 1 saturated heterocycles. The molecule has 16 heavy (non-hydrogen) atoms. The maximum atomic E-state index is 12.3. The van der Waals surface area contributed by atoms with E-state index in [-0.39, 0.29) is 11.9 Å². The van der Waals surface area contributed by atoms with Gasteiger partial charge in [0.1, 0.15) is 0 Å². The number of hydrogen-bond acceptors (Lipinski definition) is 2. The van der Waals surface area contributed by atoms with Gasteiger partial charge in [-0.1, -0.05) is 20.8 Å². The van der Waals surface area contributed by atoms with E-state index >= 15 is 0 Å². The first-order valence-corrected chi connectivity index (χ1v) is 6.55. The van der Waals surface area contributed by atoms with E-state index in [1.165, 1.54) is 0 Å².